The third-order valence-corrected chi connectivity index (χ3v) is 6.25. The number of thiophene rings is 1. The monoisotopic (exact) mass is 364 g/mol. The van der Waals surface area contributed by atoms with E-state index >= 15 is 0 Å². The number of fused-ring (bicyclic) bond motifs is 1. The molecule has 0 radical (unpaired) electrons. The van der Waals surface area contributed by atoms with Crippen molar-refractivity contribution in [2.75, 3.05) is 5.32 Å². The Balaban J connectivity index is 1.58. The number of aromatic nitrogens is 1. The molecular weight excluding hydrogens is 348 g/mol. The summed E-state index contributed by atoms with van der Waals surface area (Å²) in [6.45, 7) is 4.05. The summed E-state index contributed by atoms with van der Waals surface area (Å²) in [6.07, 6.45) is 0. The summed E-state index contributed by atoms with van der Waals surface area (Å²) in [4.78, 5) is 18.9. The van der Waals surface area contributed by atoms with E-state index in [4.69, 9.17) is 0 Å². The van der Waals surface area contributed by atoms with Gasteiger partial charge in [0.25, 0.3) is 5.91 Å². The first-order chi connectivity index (χ1) is 12.1. The van der Waals surface area contributed by atoms with Gasteiger partial charge < -0.3 is 5.32 Å². The van der Waals surface area contributed by atoms with E-state index in [2.05, 4.69) is 22.4 Å². The molecule has 3 nitrogen and oxygen atoms in total. The molecule has 124 valence electrons. The minimum Gasteiger partial charge on any atom is -0.321 e. The molecule has 5 heteroatoms. The van der Waals surface area contributed by atoms with Crippen LogP contribution in [0.15, 0.2) is 54.6 Å². The van der Waals surface area contributed by atoms with Crippen molar-refractivity contribution in [3.63, 3.8) is 0 Å². The number of thiazole rings is 1. The van der Waals surface area contributed by atoms with Crippen LogP contribution in [-0.2, 0) is 0 Å². The number of hydrogen-bond acceptors (Lipinski definition) is 4. The van der Waals surface area contributed by atoms with Crippen LogP contribution in [0.5, 0.6) is 0 Å². The van der Waals surface area contributed by atoms with Gasteiger partial charge in [0.05, 0.1) is 20.0 Å². The van der Waals surface area contributed by atoms with Crippen LogP contribution in [-0.4, -0.2) is 10.9 Å². The van der Waals surface area contributed by atoms with E-state index < -0.39 is 0 Å². The average molecular weight is 364 g/mol. The molecule has 0 aliphatic rings. The fraction of sp³-hybridized carbons (Fsp3) is 0.100. The third kappa shape index (κ3) is 3.21. The number of carbonyl (C=O) groups is 1. The molecule has 4 rings (SSSR count). The van der Waals surface area contributed by atoms with Gasteiger partial charge in [-0.25, -0.2) is 4.98 Å². The normalized spacial score (nSPS) is 11.0. The molecule has 1 N–H and O–H groups in total. The van der Waals surface area contributed by atoms with Crippen molar-refractivity contribution in [2.24, 2.45) is 0 Å². The second kappa shape index (κ2) is 6.43. The van der Waals surface area contributed by atoms with E-state index in [1.54, 1.807) is 11.3 Å². The van der Waals surface area contributed by atoms with Crippen LogP contribution in [0.3, 0.4) is 0 Å². The van der Waals surface area contributed by atoms with Gasteiger partial charge in [-0.05, 0) is 49.7 Å². The lowest BCUT2D eigenvalue weighted by molar-refractivity contribution is 0.103. The van der Waals surface area contributed by atoms with Crippen LogP contribution in [0, 0.1) is 13.8 Å². The van der Waals surface area contributed by atoms with Crippen molar-refractivity contribution in [3.8, 4) is 9.88 Å². The molecule has 0 spiro atoms. The molecule has 0 unspecified atom stereocenters. The summed E-state index contributed by atoms with van der Waals surface area (Å²) in [5.41, 5.74) is 4.10. The summed E-state index contributed by atoms with van der Waals surface area (Å²) in [6, 6.07) is 17.9. The lowest BCUT2D eigenvalue weighted by Gasteiger charge is -2.07. The van der Waals surface area contributed by atoms with Gasteiger partial charge in [-0.3, -0.25) is 4.79 Å². The Labute approximate surface area is 154 Å². The first kappa shape index (κ1) is 16.0. The first-order valence-electron chi connectivity index (χ1n) is 7.94. The zero-order valence-electron chi connectivity index (χ0n) is 13.9. The van der Waals surface area contributed by atoms with Gasteiger partial charge in [-0.1, -0.05) is 29.8 Å². The fourth-order valence-electron chi connectivity index (χ4n) is 2.69. The van der Waals surface area contributed by atoms with Gasteiger partial charge in [-0.2, -0.15) is 0 Å². The maximum absolute atomic E-state index is 12.6. The average Bonchev–Trinajstić information content (AvgIpc) is 3.23. The quantitative estimate of drug-likeness (QED) is 0.492. The van der Waals surface area contributed by atoms with Crippen LogP contribution >= 0.6 is 22.7 Å². The molecule has 0 aliphatic heterocycles. The van der Waals surface area contributed by atoms with Crippen LogP contribution in [0.2, 0.25) is 0 Å². The molecule has 0 aliphatic carbocycles. The second-order valence-corrected chi connectivity index (χ2v) is 8.04. The number of hydrogen-bond donors (Lipinski definition) is 1. The van der Waals surface area contributed by atoms with Crippen LogP contribution < -0.4 is 5.32 Å². The Morgan fingerprint density at radius 2 is 1.84 bits per heavy atom. The maximum atomic E-state index is 12.6. The highest BCUT2D eigenvalue weighted by molar-refractivity contribution is 7.26. The molecule has 4 aromatic rings. The minimum absolute atomic E-state index is 0.0793. The maximum Gasteiger partial charge on any atom is 0.265 e. The molecule has 2 heterocycles. The number of nitrogens with one attached hydrogen (secondary N) is 1. The molecule has 2 aromatic carbocycles. The number of benzene rings is 2. The van der Waals surface area contributed by atoms with E-state index in [0.29, 0.717) is 4.88 Å². The van der Waals surface area contributed by atoms with Gasteiger partial charge in [-0.15, -0.1) is 22.7 Å². The molecular formula is C20H16N2OS2. The van der Waals surface area contributed by atoms with Gasteiger partial charge >= 0.3 is 0 Å². The van der Waals surface area contributed by atoms with Gasteiger partial charge in [0.15, 0.2) is 0 Å². The van der Waals surface area contributed by atoms with Crippen LogP contribution in [0.25, 0.3) is 20.1 Å². The number of nitrogens with zero attached hydrogens (tertiary/aromatic N) is 1. The number of para-hydroxylation sites is 1. The lowest BCUT2D eigenvalue weighted by Crippen LogP contribution is -2.11. The number of aryl methyl sites for hydroxylation is 2. The van der Waals surface area contributed by atoms with E-state index in [1.165, 1.54) is 16.9 Å². The Morgan fingerprint density at radius 1 is 1.00 bits per heavy atom. The number of carbonyl (C=O) groups excluding carboxylic acids is 1. The van der Waals surface area contributed by atoms with Crippen molar-refractivity contribution >= 4 is 44.5 Å². The molecule has 0 bridgehead atoms. The highest BCUT2D eigenvalue weighted by Gasteiger charge is 2.14. The number of anilines is 1. The van der Waals surface area contributed by atoms with Gasteiger partial charge in [0.1, 0.15) is 5.01 Å². The Kier molecular flexibility index (Phi) is 4.11. The molecule has 25 heavy (non-hydrogen) atoms. The Morgan fingerprint density at radius 3 is 2.64 bits per heavy atom. The van der Waals surface area contributed by atoms with Crippen molar-refractivity contribution < 1.29 is 4.79 Å². The smallest absolute Gasteiger partial charge is 0.265 e. The standard InChI is InChI=1S/C20H16N2OS2/c1-12-7-8-14(13(2)11-12)21-19(23)17-9-10-18(24-17)20-22-15-5-3-4-6-16(15)25-20/h3-11H,1-2H3,(H,21,23). The zero-order chi connectivity index (χ0) is 17.4. The molecule has 0 fully saturated rings. The molecule has 1 amide bonds. The highest BCUT2D eigenvalue weighted by atomic mass is 32.1. The minimum atomic E-state index is -0.0793. The summed E-state index contributed by atoms with van der Waals surface area (Å²) >= 11 is 3.12. The lowest BCUT2D eigenvalue weighted by atomic mass is 10.1. The highest BCUT2D eigenvalue weighted by Crippen LogP contribution is 2.34. The van der Waals surface area contributed by atoms with E-state index in [-0.39, 0.29) is 5.91 Å². The van der Waals surface area contributed by atoms with Crippen molar-refractivity contribution in [1.82, 2.24) is 4.98 Å². The van der Waals surface area contributed by atoms with Gasteiger partial charge in [0.2, 0.25) is 0 Å². The topological polar surface area (TPSA) is 42.0 Å². The first-order valence-corrected chi connectivity index (χ1v) is 9.58. The Hall–Kier alpha value is -2.50. The fourth-order valence-corrected chi connectivity index (χ4v) is 4.61. The zero-order valence-corrected chi connectivity index (χ0v) is 15.5. The molecule has 2 aromatic heterocycles. The van der Waals surface area contributed by atoms with E-state index in [0.717, 1.165) is 31.4 Å². The van der Waals surface area contributed by atoms with Crippen molar-refractivity contribution in [3.05, 3.63) is 70.6 Å². The molecule has 0 saturated heterocycles. The SMILES string of the molecule is Cc1ccc(NC(=O)c2ccc(-c3nc4ccccc4s3)s2)c(C)c1. The predicted molar refractivity (Wildman–Crippen MR) is 107 cm³/mol. The molecule has 0 saturated carbocycles. The van der Waals surface area contributed by atoms with E-state index in [9.17, 15) is 4.79 Å². The summed E-state index contributed by atoms with van der Waals surface area (Å²) < 4.78 is 1.16. The number of rotatable bonds is 3. The summed E-state index contributed by atoms with van der Waals surface area (Å²) in [5.74, 6) is -0.0793. The van der Waals surface area contributed by atoms with Crippen molar-refractivity contribution in [1.29, 1.82) is 0 Å². The van der Waals surface area contributed by atoms with Crippen molar-refractivity contribution in [2.45, 2.75) is 13.8 Å². The second-order valence-electron chi connectivity index (χ2n) is 5.92. The predicted octanol–water partition coefficient (Wildman–Crippen LogP) is 5.89. The Bertz CT molecular complexity index is 1050. The summed E-state index contributed by atoms with van der Waals surface area (Å²) in [7, 11) is 0. The van der Waals surface area contributed by atoms with Crippen LogP contribution in [0.4, 0.5) is 5.69 Å². The van der Waals surface area contributed by atoms with Gasteiger partial charge in [0, 0.05) is 5.69 Å². The molecule has 0 atom stereocenters. The summed E-state index contributed by atoms with van der Waals surface area (Å²) in [5, 5.41) is 3.95. The third-order valence-electron chi connectivity index (χ3n) is 3.96. The largest absolute Gasteiger partial charge is 0.321 e. The van der Waals surface area contributed by atoms with E-state index in [1.807, 2.05) is 56.3 Å². The van der Waals surface area contributed by atoms with Crippen LogP contribution in [0.1, 0.15) is 20.8 Å². The number of amides is 1.